The minimum atomic E-state index is 0.611. The van der Waals surface area contributed by atoms with Crippen molar-refractivity contribution >= 4 is 11.4 Å². The van der Waals surface area contributed by atoms with E-state index in [1.165, 1.54) is 16.9 Å². The number of rotatable bonds is 1. The van der Waals surface area contributed by atoms with Crippen molar-refractivity contribution in [3.63, 3.8) is 0 Å². The van der Waals surface area contributed by atoms with Crippen LogP contribution in [0.5, 0.6) is 0 Å². The van der Waals surface area contributed by atoms with Crippen LogP contribution in [0.15, 0.2) is 12.1 Å². The summed E-state index contributed by atoms with van der Waals surface area (Å²) in [6.07, 6.45) is 0. The molecule has 0 saturated heterocycles. The molecule has 0 aromatic heterocycles. The fourth-order valence-corrected chi connectivity index (χ4v) is 3.91. The highest BCUT2D eigenvalue weighted by atomic mass is 15.2. The summed E-state index contributed by atoms with van der Waals surface area (Å²) in [5.41, 5.74) is 6.01. The lowest BCUT2D eigenvalue weighted by Gasteiger charge is -2.25. The molecule has 104 valence electrons. The molecular formula is C17H26N2. The predicted molar refractivity (Wildman–Crippen MR) is 83.6 cm³/mol. The molecule has 0 unspecified atom stereocenters. The van der Waals surface area contributed by atoms with Gasteiger partial charge in [0.05, 0.1) is 0 Å². The number of fused-ring (bicyclic) bond motifs is 2. The molecule has 2 nitrogen and oxygen atoms in total. The first-order valence-corrected chi connectivity index (χ1v) is 7.64. The Bertz CT molecular complexity index is 508. The molecule has 0 saturated carbocycles. The molecule has 1 aromatic rings. The second kappa shape index (κ2) is 4.16. The van der Waals surface area contributed by atoms with Crippen molar-refractivity contribution in [3.05, 3.63) is 23.3 Å². The van der Waals surface area contributed by atoms with E-state index in [2.05, 4.69) is 63.6 Å². The zero-order chi connectivity index (χ0) is 13.9. The van der Waals surface area contributed by atoms with Crippen LogP contribution in [-0.4, -0.2) is 25.7 Å². The molecule has 2 heterocycles. The second-order valence-electron chi connectivity index (χ2n) is 6.43. The largest absolute Gasteiger partial charge is 0.371 e. The van der Waals surface area contributed by atoms with Crippen molar-refractivity contribution in [2.75, 3.05) is 23.4 Å². The first-order valence-electron chi connectivity index (χ1n) is 7.64. The molecule has 4 atom stereocenters. The third-order valence-corrected chi connectivity index (χ3v) is 5.74. The molecule has 3 rings (SSSR count). The lowest BCUT2D eigenvalue weighted by atomic mass is 9.93. The Morgan fingerprint density at radius 1 is 0.895 bits per heavy atom. The zero-order valence-corrected chi connectivity index (χ0v) is 13.1. The molecule has 0 fully saturated rings. The number of likely N-dealkylation sites (N-methyl/N-ethyl adjacent to an activating group) is 2. The maximum Gasteiger partial charge on any atom is 0.0409 e. The summed E-state index contributed by atoms with van der Waals surface area (Å²) in [6, 6.07) is 6.17. The molecular weight excluding hydrogens is 232 g/mol. The van der Waals surface area contributed by atoms with Gasteiger partial charge in [0, 0.05) is 48.9 Å². The standard InChI is InChI=1S/C17H26N2/c1-7-19-13(5)11(3)15-8-16-14(9-17(15)19)10(2)12(4)18(16)6/h8-13H,7H2,1-6H3/t10-,11-,12+,13+/m1/s1. The fourth-order valence-electron chi connectivity index (χ4n) is 3.91. The Kier molecular flexibility index (Phi) is 2.81. The third kappa shape index (κ3) is 1.55. The molecule has 0 aliphatic carbocycles. The lowest BCUT2D eigenvalue weighted by Crippen LogP contribution is -2.30. The Labute approximate surface area is 117 Å². The van der Waals surface area contributed by atoms with Crippen LogP contribution in [0.25, 0.3) is 0 Å². The molecule has 0 bridgehead atoms. The van der Waals surface area contributed by atoms with Gasteiger partial charge in [0.1, 0.15) is 0 Å². The van der Waals surface area contributed by atoms with E-state index in [-0.39, 0.29) is 0 Å². The summed E-state index contributed by atoms with van der Waals surface area (Å²) in [5.74, 6) is 1.27. The van der Waals surface area contributed by atoms with Gasteiger partial charge in [0.2, 0.25) is 0 Å². The summed E-state index contributed by atoms with van der Waals surface area (Å²) in [6.45, 7) is 12.8. The van der Waals surface area contributed by atoms with E-state index in [9.17, 15) is 0 Å². The number of anilines is 2. The van der Waals surface area contributed by atoms with E-state index in [4.69, 9.17) is 0 Å². The lowest BCUT2D eigenvalue weighted by molar-refractivity contribution is 0.601. The van der Waals surface area contributed by atoms with Gasteiger partial charge in [-0.1, -0.05) is 13.8 Å². The molecule has 0 amide bonds. The van der Waals surface area contributed by atoms with Gasteiger partial charge in [-0.25, -0.2) is 0 Å². The molecule has 0 radical (unpaired) electrons. The van der Waals surface area contributed by atoms with E-state index in [1.54, 1.807) is 5.56 Å². The van der Waals surface area contributed by atoms with Crippen molar-refractivity contribution in [1.29, 1.82) is 0 Å². The smallest absolute Gasteiger partial charge is 0.0409 e. The van der Waals surface area contributed by atoms with E-state index >= 15 is 0 Å². The average molecular weight is 258 g/mol. The number of hydrogen-bond acceptors (Lipinski definition) is 2. The minimum absolute atomic E-state index is 0.611. The Morgan fingerprint density at radius 2 is 1.42 bits per heavy atom. The van der Waals surface area contributed by atoms with Crippen LogP contribution in [0, 0.1) is 0 Å². The third-order valence-electron chi connectivity index (χ3n) is 5.74. The Morgan fingerprint density at radius 3 is 2.05 bits per heavy atom. The van der Waals surface area contributed by atoms with E-state index in [0.717, 1.165) is 6.54 Å². The normalized spacial score (nSPS) is 32.7. The number of nitrogens with zero attached hydrogens (tertiary/aromatic N) is 2. The van der Waals surface area contributed by atoms with Crippen molar-refractivity contribution in [2.45, 2.75) is 58.5 Å². The van der Waals surface area contributed by atoms with Crippen molar-refractivity contribution in [1.82, 2.24) is 0 Å². The van der Waals surface area contributed by atoms with Gasteiger partial charge in [-0.2, -0.15) is 0 Å². The van der Waals surface area contributed by atoms with Crippen molar-refractivity contribution in [2.24, 2.45) is 0 Å². The Balaban J connectivity index is 2.15. The maximum atomic E-state index is 2.57. The molecule has 2 heteroatoms. The highest BCUT2D eigenvalue weighted by molar-refractivity contribution is 5.73. The summed E-state index contributed by atoms with van der Waals surface area (Å²) in [4.78, 5) is 5.02. The Hall–Kier alpha value is -1.18. The molecule has 2 aliphatic rings. The first kappa shape index (κ1) is 12.8. The van der Waals surface area contributed by atoms with Crippen LogP contribution in [0.1, 0.15) is 57.6 Å². The minimum Gasteiger partial charge on any atom is -0.371 e. The van der Waals surface area contributed by atoms with Crippen LogP contribution in [0.4, 0.5) is 11.4 Å². The maximum absolute atomic E-state index is 2.57. The quantitative estimate of drug-likeness (QED) is 0.752. The molecule has 2 aliphatic heterocycles. The summed E-state index contributed by atoms with van der Waals surface area (Å²) >= 11 is 0. The van der Waals surface area contributed by atoms with E-state index < -0.39 is 0 Å². The van der Waals surface area contributed by atoms with Gasteiger partial charge in [-0.15, -0.1) is 0 Å². The van der Waals surface area contributed by atoms with Crippen molar-refractivity contribution in [3.8, 4) is 0 Å². The van der Waals surface area contributed by atoms with Crippen LogP contribution in [0.2, 0.25) is 0 Å². The zero-order valence-electron chi connectivity index (χ0n) is 13.1. The molecule has 0 N–H and O–H groups in total. The summed E-state index contributed by atoms with van der Waals surface area (Å²) < 4.78 is 0. The van der Waals surface area contributed by atoms with Gasteiger partial charge in [0.25, 0.3) is 0 Å². The number of hydrogen-bond donors (Lipinski definition) is 0. The van der Waals surface area contributed by atoms with E-state index in [0.29, 0.717) is 23.9 Å². The molecule has 0 spiro atoms. The predicted octanol–water partition coefficient (Wildman–Crippen LogP) is 3.96. The van der Waals surface area contributed by atoms with Crippen molar-refractivity contribution < 1.29 is 0 Å². The van der Waals surface area contributed by atoms with Gasteiger partial charge >= 0.3 is 0 Å². The summed E-state index contributed by atoms with van der Waals surface area (Å²) in [5, 5.41) is 0. The van der Waals surface area contributed by atoms with Crippen LogP contribution >= 0.6 is 0 Å². The van der Waals surface area contributed by atoms with Crippen LogP contribution in [-0.2, 0) is 0 Å². The highest BCUT2D eigenvalue weighted by Crippen LogP contribution is 2.48. The monoisotopic (exact) mass is 258 g/mol. The second-order valence-corrected chi connectivity index (χ2v) is 6.43. The van der Waals surface area contributed by atoms with Gasteiger partial charge in [-0.05, 0) is 44.0 Å². The van der Waals surface area contributed by atoms with Gasteiger partial charge < -0.3 is 9.80 Å². The average Bonchev–Trinajstić information content (AvgIpc) is 2.77. The van der Waals surface area contributed by atoms with E-state index in [1.807, 2.05) is 0 Å². The summed E-state index contributed by atoms with van der Waals surface area (Å²) in [7, 11) is 2.24. The highest BCUT2D eigenvalue weighted by Gasteiger charge is 2.37. The van der Waals surface area contributed by atoms with Crippen LogP contribution in [0.3, 0.4) is 0 Å². The topological polar surface area (TPSA) is 6.48 Å². The number of benzene rings is 1. The molecule has 1 aromatic carbocycles. The fraction of sp³-hybridized carbons (Fsp3) is 0.647. The first-order chi connectivity index (χ1) is 8.97. The SMILES string of the molecule is CCN1c2cc3c(cc2[C@H](C)[C@@H]1C)N(C)[C@@H](C)[C@H]3C. The molecule has 19 heavy (non-hydrogen) atoms. The van der Waals surface area contributed by atoms with Gasteiger partial charge in [0.15, 0.2) is 0 Å². The van der Waals surface area contributed by atoms with Crippen LogP contribution < -0.4 is 9.80 Å². The van der Waals surface area contributed by atoms with Gasteiger partial charge in [-0.3, -0.25) is 0 Å².